The van der Waals surface area contributed by atoms with E-state index in [1.165, 1.54) is 30.1 Å². The Labute approximate surface area is 170 Å². The van der Waals surface area contributed by atoms with Crippen LogP contribution in [0.25, 0.3) is 17.0 Å². The van der Waals surface area contributed by atoms with Crippen LogP contribution in [0.5, 0.6) is 0 Å². The summed E-state index contributed by atoms with van der Waals surface area (Å²) < 4.78 is 25.9. The zero-order chi connectivity index (χ0) is 20.2. The number of halogens is 1. The Bertz CT molecular complexity index is 1120. The van der Waals surface area contributed by atoms with E-state index >= 15 is 0 Å². The topological polar surface area (TPSA) is 70.2 Å². The van der Waals surface area contributed by atoms with Gasteiger partial charge in [-0.2, -0.15) is 0 Å². The third-order valence-corrected chi connectivity index (χ3v) is 4.80. The number of oxazole rings is 1. The molecule has 0 saturated carbocycles. The van der Waals surface area contributed by atoms with Crippen LogP contribution < -0.4 is 0 Å². The number of nitrogens with zero attached hydrogens (tertiary/aromatic N) is 3. The van der Waals surface area contributed by atoms with Crippen LogP contribution >= 0.6 is 11.8 Å². The molecule has 0 radical (unpaired) electrons. The lowest BCUT2D eigenvalue weighted by Crippen LogP contribution is -2.12. The molecule has 2 aromatic carbocycles. The van der Waals surface area contributed by atoms with E-state index in [9.17, 15) is 9.18 Å². The van der Waals surface area contributed by atoms with E-state index in [2.05, 4.69) is 9.97 Å². The molecule has 8 heteroatoms. The number of benzene rings is 2. The SMILES string of the molecule is CSc1ncc(C(=O)OCc2ncc(-c3ccccc3)o2)n1-c1ccc(F)cc1. The average molecular weight is 409 g/mol. The summed E-state index contributed by atoms with van der Waals surface area (Å²) in [6.45, 7) is -0.116. The van der Waals surface area contributed by atoms with Gasteiger partial charge in [-0.05, 0) is 30.5 Å². The van der Waals surface area contributed by atoms with Gasteiger partial charge in [-0.1, -0.05) is 42.1 Å². The lowest BCUT2D eigenvalue weighted by molar-refractivity contribution is 0.0428. The fourth-order valence-electron chi connectivity index (χ4n) is 2.78. The molecule has 0 saturated heterocycles. The lowest BCUT2D eigenvalue weighted by Gasteiger charge is -2.10. The Balaban J connectivity index is 1.52. The van der Waals surface area contributed by atoms with Crippen LogP contribution in [-0.4, -0.2) is 26.8 Å². The molecule has 0 spiro atoms. The molecular formula is C21H16FN3O3S. The molecule has 2 heterocycles. The summed E-state index contributed by atoms with van der Waals surface area (Å²) in [5.74, 6) is -0.0591. The Hall–Kier alpha value is -3.39. The van der Waals surface area contributed by atoms with Crippen molar-refractivity contribution in [1.29, 1.82) is 0 Å². The molecule has 0 fully saturated rings. The molecule has 0 aliphatic heterocycles. The summed E-state index contributed by atoms with van der Waals surface area (Å²) >= 11 is 1.37. The minimum absolute atomic E-state index is 0.116. The number of carbonyl (C=O) groups is 1. The van der Waals surface area contributed by atoms with Crippen LogP contribution in [0.4, 0.5) is 4.39 Å². The van der Waals surface area contributed by atoms with Gasteiger partial charge in [0.2, 0.25) is 5.89 Å². The number of rotatable bonds is 6. The van der Waals surface area contributed by atoms with Crippen molar-refractivity contribution in [3.63, 3.8) is 0 Å². The number of ether oxygens (including phenoxy) is 1. The van der Waals surface area contributed by atoms with Crippen molar-refractivity contribution in [3.8, 4) is 17.0 Å². The van der Waals surface area contributed by atoms with Crippen LogP contribution in [0.2, 0.25) is 0 Å². The zero-order valence-corrected chi connectivity index (χ0v) is 16.2. The Kier molecular flexibility index (Phi) is 5.44. The monoisotopic (exact) mass is 409 g/mol. The highest BCUT2D eigenvalue weighted by atomic mass is 32.2. The van der Waals surface area contributed by atoms with Gasteiger partial charge in [0.05, 0.1) is 12.4 Å². The van der Waals surface area contributed by atoms with Gasteiger partial charge >= 0.3 is 5.97 Å². The van der Waals surface area contributed by atoms with E-state index in [1.54, 1.807) is 22.9 Å². The molecule has 0 bridgehead atoms. The van der Waals surface area contributed by atoms with Gasteiger partial charge in [-0.25, -0.2) is 19.2 Å². The van der Waals surface area contributed by atoms with Crippen molar-refractivity contribution in [3.05, 3.63) is 84.4 Å². The molecule has 0 amide bonds. The molecular weight excluding hydrogens is 393 g/mol. The molecule has 0 aliphatic rings. The number of hydrogen-bond acceptors (Lipinski definition) is 6. The van der Waals surface area contributed by atoms with E-state index < -0.39 is 5.97 Å². The maximum Gasteiger partial charge on any atom is 0.357 e. The number of thioether (sulfide) groups is 1. The highest BCUT2D eigenvalue weighted by molar-refractivity contribution is 7.98. The molecule has 0 aliphatic carbocycles. The van der Waals surface area contributed by atoms with Gasteiger partial charge in [-0.15, -0.1) is 0 Å². The minimum atomic E-state index is -0.582. The van der Waals surface area contributed by atoms with Gasteiger partial charge < -0.3 is 9.15 Å². The van der Waals surface area contributed by atoms with Crippen LogP contribution in [0.1, 0.15) is 16.4 Å². The molecule has 2 aromatic heterocycles. The van der Waals surface area contributed by atoms with Gasteiger partial charge in [0, 0.05) is 11.3 Å². The highest BCUT2D eigenvalue weighted by Gasteiger charge is 2.20. The molecule has 6 nitrogen and oxygen atoms in total. The summed E-state index contributed by atoms with van der Waals surface area (Å²) in [4.78, 5) is 21.1. The number of esters is 1. The molecule has 4 rings (SSSR count). The van der Waals surface area contributed by atoms with Crippen LogP contribution in [0, 0.1) is 5.82 Å². The summed E-state index contributed by atoms with van der Waals surface area (Å²) in [5.41, 5.74) is 1.73. The Morgan fingerprint density at radius 3 is 2.59 bits per heavy atom. The summed E-state index contributed by atoms with van der Waals surface area (Å²) in [6.07, 6.45) is 4.87. The molecule has 0 N–H and O–H groups in total. The van der Waals surface area contributed by atoms with Gasteiger partial charge in [-0.3, -0.25) is 4.57 Å². The Morgan fingerprint density at radius 1 is 1.10 bits per heavy atom. The molecule has 0 unspecified atom stereocenters. The second-order valence-corrected chi connectivity index (χ2v) is 6.78. The Morgan fingerprint density at radius 2 is 1.86 bits per heavy atom. The standard InChI is InChI=1S/C21H16FN3O3S/c1-29-21-24-11-17(25(21)16-9-7-15(22)8-10-16)20(26)27-13-19-23-12-18(28-19)14-5-3-2-4-6-14/h2-12H,13H2,1H3. The first-order valence-electron chi connectivity index (χ1n) is 8.70. The smallest absolute Gasteiger partial charge is 0.357 e. The second-order valence-electron chi connectivity index (χ2n) is 6.00. The van der Waals surface area contributed by atoms with Crippen molar-refractivity contribution in [2.75, 3.05) is 6.26 Å². The van der Waals surface area contributed by atoms with Crippen LogP contribution in [-0.2, 0) is 11.3 Å². The van der Waals surface area contributed by atoms with Crippen molar-refractivity contribution < 1.29 is 18.3 Å². The first kappa shape index (κ1) is 18.9. The predicted octanol–water partition coefficient (Wildman–Crippen LogP) is 4.75. The summed E-state index contributed by atoms with van der Waals surface area (Å²) in [6, 6.07) is 15.3. The zero-order valence-electron chi connectivity index (χ0n) is 15.4. The normalized spacial score (nSPS) is 10.8. The summed E-state index contributed by atoms with van der Waals surface area (Å²) in [7, 11) is 0. The lowest BCUT2D eigenvalue weighted by atomic mass is 10.2. The van der Waals surface area contributed by atoms with Gasteiger partial charge in [0.15, 0.2) is 23.2 Å². The maximum atomic E-state index is 13.3. The van der Waals surface area contributed by atoms with Crippen LogP contribution in [0.3, 0.4) is 0 Å². The number of imidazole rings is 1. The van der Waals surface area contributed by atoms with Crippen LogP contribution in [0.15, 0.2) is 76.6 Å². The van der Waals surface area contributed by atoms with Crippen molar-refractivity contribution >= 4 is 17.7 Å². The largest absolute Gasteiger partial charge is 0.451 e. The van der Waals surface area contributed by atoms with E-state index in [4.69, 9.17) is 9.15 Å². The maximum absolute atomic E-state index is 13.3. The number of carbonyl (C=O) groups excluding carboxylic acids is 1. The first-order chi connectivity index (χ1) is 14.2. The molecule has 0 atom stereocenters. The van der Waals surface area contributed by atoms with Gasteiger partial charge in [0.1, 0.15) is 5.82 Å². The molecule has 4 aromatic rings. The van der Waals surface area contributed by atoms with E-state index in [-0.39, 0.29) is 24.0 Å². The average Bonchev–Trinajstić information content (AvgIpc) is 3.40. The fraction of sp³-hybridized carbons (Fsp3) is 0.0952. The quantitative estimate of drug-likeness (QED) is 0.338. The molecule has 146 valence electrons. The second kappa shape index (κ2) is 8.32. The minimum Gasteiger partial charge on any atom is -0.451 e. The van der Waals surface area contributed by atoms with E-state index in [1.807, 2.05) is 36.6 Å². The van der Waals surface area contributed by atoms with Gasteiger partial charge in [0.25, 0.3) is 0 Å². The van der Waals surface area contributed by atoms with E-state index in [0.717, 1.165) is 5.56 Å². The van der Waals surface area contributed by atoms with E-state index in [0.29, 0.717) is 16.6 Å². The van der Waals surface area contributed by atoms with Crippen molar-refractivity contribution in [1.82, 2.24) is 14.5 Å². The van der Waals surface area contributed by atoms with Crippen molar-refractivity contribution in [2.24, 2.45) is 0 Å². The third kappa shape index (κ3) is 4.07. The highest BCUT2D eigenvalue weighted by Crippen LogP contribution is 2.23. The first-order valence-corrected chi connectivity index (χ1v) is 9.93. The predicted molar refractivity (Wildman–Crippen MR) is 106 cm³/mol. The molecule has 29 heavy (non-hydrogen) atoms. The van der Waals surface area contributed by atoms with Crippen molar-refractivity contribution in [2.45, 2.75) is 11.8 Å². The third-order valence-electron chi connectivity index (χ3n) is 4.14. The summed E-state index contributed by atoms with van der Waals surface area (Å²) in [5, 5.41) is 0.589. The fourth-order valence-corrected chi connectivity index (χ4v) is 3.32. The number of aromatic nitrogens is 3. The number of hydrogen-bond donors (Lipinski definition) is 0.